The topological polar surface area (TPSA) is 95.9 Å². The van der Waals surface area contributed by atoms with Crippen molar-refractivity contribution in [1.82, 2.24) is 4.90 Å². The van der Waals surface area contributed by atoms with Gasteiger partial charge in [0.1, 0.15) is 18.5 Å². The van der Waals surface area contributed by atoms with Gasteiger partial charge >= 0.3 is 5.97 Å². The van der Waals surface area contributed by atoms with Crippen LogP contribution in [0.2, 0.25) is 0 Å². The van der Waals surface area contributed by atoms with Gasteiger partial charge in [0.2, 0.25) is 0 Å². The number of fused-ring (bicyclic) bond motifs is 1. The van der Waals surface area contributed by atoms with Crippen LogP contribution in [0.15, 0.2) is 0 Å². The molecule has 13 atom stereocenters. The zero-order valence-corrected chi connectivity index (χ0v) is 22.3. The second-order valence-corrected chi connectivity index (χ2v) is 12.9. The molecule has 0 amide bonds. The second kappa shape index (κ2) is 7.23. The molecule has 7 bridgehead atoms. The van der Waals surface area contributed by atoms with Gasteiger partial charge in [-0.2, -0.15) is 0 Å². The van der Waals surface area contributed by atoms with Crippen molar-refractivity contribution in [2.24, 2.45) is 28.6 Å². The lowest BCUT2D eigenvalue weighted by Crippen LogP contribution is -2.85. The number of rotatable bonds is 5. The zero-order chi connectivity index (χ0) is 25.5. The fourth-order valence-corrected chi connectivity index (χ4v) is 11.7. The number of hydrogen-bond acceptors (Lipinski definition) is 9. The molecule has 0 unspecified atom stereocenters. The Bertz CT molecular complexity index is 979. The average Bonchev–Trinajstić information content (AvgIpc) is 3.40. The quantitative estimate of drug-likeness (QED) is 0.553. The van der Waals surface area contributed by atoms with Crippen molar-refractivity contribution >= 4 is 5.97 Å². The summed E-state index contributed by atoms with van der Waals surface area (Å²) in [7, 11) is 5.23. The van der Waals surface area contributed by atoms with Crippen LogP contribution in [0.25, 0.3) is 0 Å². The van der Waals surface area contributed by atoms with E-state index in [4.69, 9.17) is 28.4 Å². The Morgan fingerprint density at radius 2 is 1.89 bits per heavy atom. The number of carbonyl (C=O) groups excluding carboxylic acids is 1. The van der Waals surface area contributed by atoms with Crippen molar-refractivity contribution in [1.29, 1.82) is 0 Å². The summed E-state index contributed by atoms with van der Waals surface area (Å²) in [5.41, 5.74) is -3.94. The molecule has 0 aromatic heterocycles. The molecule has 3 spiro atoms. The van der Waals surface area contributed by atoms with E-state index in [0.717, 1.165) is 25.9 Å². The molecule has 7 rings (SSSR count). The third-order valence-electron chi connectivity index (χ3n) is 12.2. The Morgan fingerprint density at radius 3 is 2.53 bits per heavy atom. The van der Waals surface area contributed by atoms with E-state index in [9.17, 15) is 9.90 Å². The molecule has 0 radical (unpaired) electrons. The molecule has 2 heterocycles. The van der Waals surface area contributed by atoms with Crippen LogP contribution >= 0.6 is 0 Å². The fourth-order valence-electron chi connectivity index (χ4n) is 11.7. The molecule has 5 aliphatic carbocycles. The summed E-state index contributed by atoms with van der Waals surface area (Å²) < 4.78 is 38.7. The fraction of sp³-hybridized carbons (Fsp3) is 0.963. The van der Waals surface area contributed by atoms with Gasteiger partial charge in [-0.25, -0.2) is 0 Å². The smallest absolute Gasteiger partial charge is 0.303 e. The normalized spacial score (nSPS) is 60.2. The third kappa shape index (κ3) is 2.16. The van der Waals surface area contributed by atoms with Crippen LogP contribution in [0, 0.1) is 28.6 Å². The van der Waals surface area contributed by atoms with E-state index >= 15 is 0 Å². The molecule has 0 aromatic rings. The standard InChI is InChI=1S/C27H41NO8/c1-7-28-12-23(3)9-8-17(32-5)26-20(23)21(36-14(2)29)27(22(26)28)25(34-13-35-27)11-16(31-4)15-10-24(26,30)19(25)18(15)33-6/h15-22,30H,7-13H2,1-6H3/t15-,16+,17+,18+,19+,20-,21+,22-,23+,24+,25-,26-,27-/m1/s1. The lowest BCUT2D eigenvalue weighted by molar-refractivity contribution is -0.332. The predicted molar refractivity (Wildman–Crippen MR) is 126 cm³/mol. The molecule has 2 aliphatic heterocycles. The maximum Gasteiger partial charge on any atom is 0.303 e. The number of piperidine rings is 1. The van der Waals surface area contributed by atoms with Crippen LogP contribution in [0.1, 0.15) is 46.5 Å². The molecule has 1 N–H and O–H groups in total. The number of nitrogens with zero attached hydrogens (tertiary/aromatic N) is 1. The Labute approximate surface area is 213 Å². The lowest BCUT2D eigenvalue weighted by Gasteiger charge is -2.71. The molecule has 7 aliphatic rings. The molecular weight excluding hydrogens is 466 g/mol. The third-order valence-corrected chi connectivity index (χ3v) is 12.2. The summed E-state index contributed by atoms with van der Waals surface area (Å²) in [6.45, 7) is 7.72. The Kier molecular flexibility index (Phi) is 4.87. The van der Waals surface area contributed by atoms with Gasteiger partial charge in [0.15, 0.2) is 5.60 Å². The monoisotopic (exact) mass is 507 g/mol. The van der Waals surface area contributed by atoms with Crippen molar-refractivity contribution in [2.75, 3.05) is 41.2 Å². The van der Waals surface area contributed by atoms with E-state index < -0.39 is 28.3 Å². The van der Waals surface area contributed by atoms with Crippen LogP contribution < -0.4 is 0 Å². The highest BCUT2D eigenvalue weighted by molar-refractivity contribution is 5.67. The summed E-state index contributed by atoms with van der Waals surface area (Å²) in [5, 5.41) is 13.4. The number of carbonyl (C=O) groups is 1. The SMILES string of the molecule is CCN1C[C@]2(C)CC[C@H](OC)[C@]34[C@@H]2[C@H](OC(C)=O)[C@@]2(OCO[C@@]25C[C@H](OC)[C@H]2C[C@]3(O)[C@@H]5[C@H]2OC)[C@H]14. The maximum absolute atomic E-state index is 13.4. The first-order valence-corrected chi connectivity index (χ1v) is 13.7. The Balaban J connectivity index is 1.61. The number of ether oxygens (including phenoxy) is 6. The number of hydrogen-bond donors (Lipinski definition) is 1. The van der Waals surface area contributed by atoms with E-state index in [1.807, 2.05) is 0 Å². The number of likely N-dealkylation sites (N-methyl/N-ethyl adjacent to an activating group) is 1. The summed E-state index contributed by atoms with van der Waals surface area (Å²) in [5.74, 6) is -0.771. The van der Waals surface area contributed by atoms with Gasteiger partial charge in [-0.15, -0.1) is 0 Å². The van der Waals surface area contributed by atoms with E-state index in [1.165, 1.54) is 6.92 Å². The van der Waals surface area contributed by atoms with Gasteiger partial charge in [-0.3, -0.25) is 9.69 Å². The minimum absolute atomic E-state index is 0.0317. The average molecular weight is 508 g/mol. The van der Waals surface area contributed by atoms with Gasteiger partial charge in [0.05, 0.1) is 35.4 Å². The van der Waals surface area contributed by atoms with Crippen LogP contribution in [0.4, 0.5) is 0 Å². The van der Waals surface area contributed by atoms with Crippen LogP contribution in [-0.2, 0) is 33.2 Å². The molecule has 36 heavy (non-hydrogen) atoms. The molecule has 2 saturated heterocycles. The molecule has 5 saturated carbocycles. The molecule has 0 aromatic carbocycles. The van der Waals surface area contributed by atoms with E-state index in [1.54, 1.807) is 21.3 Å². The van der Waals surface area contributed by atoms with Crippen LogP contribution in [-0.4, -0.2) is 104 Å². The van der Waals surface area contributed by atoms with Crippen LogP contribution in [0.5, 0.6) is 0 Å². The summed E-state index contributed by atoms with van der Waals surface area (Å²) >= 11 is 0. The Morgan fingerprint density at radius 1 is 1.11 bits per heavy atom. The summed E-state index contributed by atoms with van der Waals surface area (Å²) in [6, 6.07) is -0.224. The summed E-state index contributed by atoms with van der Waals surface area (Å²) in [4.78, 5) is 15.3. The minimum Gasteiger partial charge on any atom is -0.459 e. The van der Waals surface area contributed by atoms with Gasteiger partial charge in [-0.05, 0) is 31.2 Å². The number of esters is 1. The van der Waals surface area contributed by atoms with Gasteiger partial charge in [-0.1, -0.05) is 13.8 Å². The Hall–Kier alpha value is -0.810. The van der Waals surface area contributed by atoms with Crippen molar-refractivity contribution in [3.63, 3.8) is 0 Å². The molecular formula is C27H41NO8. The molecule has 9 nitrogen and oxygen atoms in total. The van der Waals surface area contributed by atoms with Crippen molar-refractivity contribution < 1.29 is 38.3 Å². The molecule has 9 heteroatoms. The lowest BCUT2D eigenvalue weighted by atomic mass is 9.41. The number of methoxy groups -OCH3 is 3. The van der Waals surface area contributed by atoms with E-state index in [2.05, 4.69) is 18.7 Å². The van der Waals surface area contributed by atoms with Gasteiger partial charge < -0.3 is 33.5 Å². The second-order valence-electron chi connectivity index (χ2n) is 12.9. The first-order chi connectivity index (χ1) is 17.2. The highest BCUT2D eigenvalue weighted by atomic mass is 16.7. The van der Waals surface area contributed by atoms with Gasteiger partial charge in [0.25, 0.3) is 0 Å². The maximum atomic E-state index is 13.4. The first-order valence-electron chi connectivity index (χ1n) is 13.7. The molecule has 202 valence electrons. The molecule has 7 fully saturated rings. The van der Waals surface area contributed by atoms with E-state index in [-0.39, 0.29) is 60.3 Å². The van der Waals surface area contributed by atoms with Crippen molar-refractivity contribution in [3.8, 4) is 0 Å². The van der Waals surface area contributed by atoms with Gasteiger partial charge in [0, 0.05) is 59.0 Å². The van der Waals surface area contributed by atoms with Crippen molar-refractivity contribution in [2.45, 2.75) is 93.7 Å². The number of aliphatic hydroxyl groups is 1. The van der Waals surface area contributed by atoms with Crippen molar-refractivity contribution in [3.05, 3.63) is 0 Å². The first kappa shape index (κ1) is 24.2. The highest BCUT2D eigenvalue weighted by Gasteiger charge is 2.97. The highest BCUT2D eigenvalue weighted by Crippen LogP contribution is 2.83. The predicted octanol–water partition coefficient (Wildman–Crippen LogP) is 1.35. The summed E-state index contributed by atoms with van der Waals surface area (Å²) in [6.07, 6.45) is 1.69. The van der Waals surface area contributed by atoms with E-state index in [0.29, 0.717) is 12.8 Å². The minimum atomic E-state index is -1.16. The largest absolute Gasteiger partial charge is 0.459 e. The number of likely N-dealkylation sites (tertiary alicyclic amines) is 1. The van der Waals surface area contributed by atoms with Crippen LogP contribution in [0.3, 0.4) is 0 Å². The zero-order valence-electron chi connectivity index (χ0n) is 22.3.